The molecule has 1 amide bonds. The summed E-state index contributed by atoms with van der Waals surface area (Å²) < 4.78 is 22.9. The van der Waals surface area contributed by atoms with Gasteiger partial charge in [-0.25, -0.2) is 8.42 Å². The molecule has 0 aliphatic rings. The number of amides is 1. The second kappa shape index (κ2) is 7.18. The van der Waals surface area contributed by atoms with Gasteiger partial charge < -0.3 is 4.90 Å². The Morgan fingerprint density at radius 1 is 1.29 bits per heavy atom. The van der Waals surface area contributed by atoms with Crippen molar-refractivity contribution >= 4 is 48.8 Å². The molecular weight excluding hydrogens is 357 g/mol. The summed E-state index contributed by atoms with van der Waals surface area (Å²) in [5.41, 5.74) is -0.0393. The number of hydrogen-bond acceptors (Lipinski definition) is 3. The molecule has 0 saturated carbocycles. The lowest BCUT2D eigenvalue weighted by Gasteiger charge is -2.24. The van der Waals surface area contributed by atoms with Crippen LogP contribution in [-0.4, -0.2) is 32.3 Å². The Labute approximate surface area is 139 Å². The highest BCUT2D eigenvalue weighted by atomic mass is 35.7. The van der Waals surface area contributed by atoms with E-state index in [1.165, 1.54) is 12.1 Å². The third kappa shape index (κ3) is 4.49. The van der Waals surface area contributed by atoms with Gasteiger partial charge in [0.15, 0.2) is 0 Å². The molecule has 0 heterocycles. The van der Waals surface area contributed by atoms with E-state index in [1.54, 1.807) is 4.90 Å². The van der Waals surface area contributed by atoms with Gasteiger partial charge in [0.1, 0.15) is 4.90 Å². The van der Waals surface area contributed by atoms with Crippen LogP contribution < -0.4 is 0 Å². The molecule has 0 atom stereocenters. The molecule has 0 unspecified atom stereocenters. The van der Waals surface area contributed by atoms with Crippen molar-refractivity contribution in [2.75, 3.05) is 13.1 Å². The number of hydrogen-bond donors (Lipinski definition) is 0. The molecule has 4 nitrogen and oxygen atoms in total. The van der Waals surface area contributed by atoms with E-state index in [4.69, 9.17) is 33.9 Å². The van der Waals surface area contributed by atoms with Gasteiger partial charge in [-0.1, -0.05) is 37.0 Å². The fourth-order valence-corrected chi connectivity index (χ4v) is 3.76. The SMILES string of the molecule is CCN(CC(C)C)C(=O)c1c(Cl)ccc(S(=O)(=O)Cl)c1Cl. The Kier molecular flexibility index (Phi) is 6.35. The Bertz CT molecular complexity index is 644. The monoisotopic (exact) mass is 371 g/mol. The first-order valence-electron chi connectivity index (χ1n) is 6.31. The highest BCUT2D eigenvalue weighted by molar-refractivity contribution is 8.13. The van der Waals surface area contributed by atoms with Crippen molar-refractivity contribution in [2.24, 2.45) is 5.92 Å². The normalized spacial score (nSPS) is 11.8. The van der Waals surface area contributed by atoms with Crippen molar-refractivity contribution < 1.29 is 13.2 Å². The molecule has 0 aliphatic carbocycles. The maximum absolute atomic E-state index is 12.6. The van der Waals surface area contributed by atoms with Crippen molar-refractivity contribution in [2.45, 2.75) is 25.7 Å². The fraction of sp³-hybridized carbons (Fsp3) is 0.462. The van der Waals surface area contributed by atoms with Gasteiger partial charge in [-0.2, -0.15) is 0 Å². The van der Waals surface area contributed by atoms with Crippen molar-refractivity contribution in [3.63, 3.8) is 0 Å². The lowest BCUT2D eigenvalue weighted by Crippen LogP contribution is -2.34. The van der Waals surface area contributed by atoms with Crippen LogP contribution in [0.4, 0.5) is 0 Å². The Morgan fingerprint density at radius 2 is 1.86 bits per heavy atom. The van der Waals surface area contributed by atoms with Gasteiger partial charge in [-0.05, 0) is 25.0 Å². The molecule has 0 aliphatic heterocycles. The molecule has 21 heavy (non-hydrogen) atoms. The number of benzene rings is 1. The lowest BCUT2D eigenvalue weighted by molar-refractivity contribution is 0.0746. The summed E-state index contributed by atoms with van der Waals surface area (Å²) in [7, 11) is 1.26. The van der Waals surface area contributed by atoms with Crippen molar-refractivity contribution in [1.82, 2.24) is 4.90 Å². The summed E-state index contributed by atoms with van der Waals surface area (Å²) in [5.74, 6) is -0.158. The highest BCUT2D eigenvalue weighted by Crippen LogP contribution is 2.33. The molecule has 0 radical (unpaired) electrons. The number of halogens is 3. The van der Waals surface area contributed by atoms with Crippen molar-refractivity contribution in [1.29, 1.82) is 0 Å². The minimum atomic E-state index is -4.05. The average molecular weight is 373 g/mol. The maximum Gasteiger partial charge on any atom is 0.262 e. The Hall–Kier alpha value is -0.490. The molecule has 0 aromatic heterocycles. The van der Waals surface area contributed by atoms with Crippen LogP contribution >= 0.6 is 33.9 Å². The lowest BCUT2D eigenvalue weighted by atomic mass is 10.1. The smallest absolute Gasteiger partial charge is 0.262 e. The summed E-state index contributed by atoms with van der Waals surface area (Å²) in [4.78, 5) is 13.8. The molecule has 8 heteroatoms. The topological polar surface area (TPSA) is 54.5 Å². The molecule has 0 N–H and O–H groups in total. The molecule has 1 rings (SSSR count). The Balaban J connectivity index is 3.39. The summed E-state index contributed by atoms with van der Waals surface area (Å²) >= 11 is 12.0. The van der Waals surface area contributed by atoms with E-state index in [-0.39, 0.29) is 26.4 Å². The van der Waals surface area contributed by atoms with Crippen LogP contribution in [0.2, 0.25) is 10.0 Å². The van der Waals surface area contributed by atoms with Crippen LogP contribution in [0.15, 0.2) is 17.0 Å². The summed E-state index contributed by atoms with van der Waals surface area (Å²) in [5, 5.41) is -0.152. The summed E-state index contributed by atoms with van der Waals surface area (Å²) in [6, 6.07) is 2.49. The van der Waals surface area contributed by atoms with Crippen LogP contribution in [-0.2, 0) is 9.05 Å². The third-order valence-corrected chi connectivity index (χ3v) is 4.97. The van der Waals surface area contributed by atoms with E-state index in [1.807, 2.05) is 20.8 Å². The molecule has 0 fully saturated rings. The quantitative estimate of drug-likeness (QED) is 0.733. The number of carbonyl (C=O) groups is 1. The van der Waals surface area contributed by atoms with Gasteiger partial charge in [-0.15, -0.1) is 0 Å². The first-order valence-corrected chi connectivity index (χ1v) is 9.38. The highest BCUT2D eigenvalue weighted by Gasteiger charge is 2.26. The predicted octanol–water partition coefficient (Wildman–Crippen LogP) is 4.04. The fourth-order valence-electron chi connectivity index (χ4n) is 1.87. The van der Waals surface area contributed by atoms with E-state index in [0.717, 1.165) is 0 Å². The number of carbonyl (C=O) groups excluding carboxylic acids is 1. The second-order valence-electron chi connectivity index (χ2n) is 4.91. The van der Waals surface area contributed by atoms with Crippen LogP contribution in [0.3, 0.4) is 0 Å². The van der Waals surface area contributed by atoms with Gasteiger partial charge >= 0.3 is 0 Å². The first-order chi connectivity index (χ1) is 9.59. The Morgan fingerprint density at radius 3 is 2.29 bits per heavy atom. The molecule has 1 aromatic rings. The first kappa shape index (κ1) is 18.6. The number of rotatable bonds is 5. The van der Waals surface area contributed by atoms with Gasteiger partial charge in [-0.3, -0.25) is 4.79 Å². The van der Waals surface area contributed by atoms with Crippen LogP contribution in [0.5, 0.6) is 0 Å². The molecule has 1 aromatic carbocycles. The van der Waals surface area contributed by atoms with Gasteiger partial charge in [0.25, 0.3) is 15.0 Å². The van der Waals surface area contributed by atoms with Gasteiger partial charge in [0, 0.05) is 23.8 Å². The minimum absolute atomic E-state index is 0.0393. The van der Waals surface area contributed by atoms with Crippen LogP contribution in [0.1, 0.15) is 31.1 Å². The van der Waals surface area contributed by atoms with Crippen LogP contribution in [0, 0.1) is 5.92 Å². The van der Waals surface area contributed by atoms with Crippen molar-refractivity contribution in [3.8, 4) is 0 Å². The van der Waals surface area contributed by atoms with Gasteiger partial charge in [0.05, 0.1) is 15.6 Å². The molecule has 0 saturated heterocycles. The minimum Gasteiger partial charge on any atom is -0.339 e. The summed E-state index contributed by atoms with van der Waals surface area (Å²) in [6.07, 6.45) is 0. The van der Waals surface area contributed by atoms with Gasteiger partial charge in [0.2, 0.25) is 0 Å². The van der Waals surface area contributed by atoms with E-state index in [0.29, 0.717) is 13.1 Å². The zero-order chi connectivity index (χ0) is 16.4. The van der Waals surface area contributed by atoms with Crippen molar-refractivity contribution in [3.05, 3.63) is 27.7 Å². The third-order valence-electron chi connectivity index (χ3n) is 2.79. The zero-order valence-corrected chi connectivity index (χ0v) is 14.9. The van der Waals surface area contributed by atoms with Crippen LogP contribution in [0.25, 0.3) is 0 Å². The molecule has 118 valence electrons. The molecule has 0 spiro atoms. The van der Waals surface area contributed by atoms with E-state index >= 15 is 0 Å². The average Bonchev–Trinajstić information content (AvgIpc) is 2.33. The molecule has 0 bridgehead atoms. The molecular formula is C13H16Cl3NO3S. The zero-order valence-electron chi connectivity index (χ0n) is 11.9. The largest absolute Gasteiger partial charge is 0.339 e. The summed E-state index contributed by atoms with van der Waals surface area (Å²) in [6.45, 7) is 6.74. The van der Waals surface area contributed by atoms with E-state index in [2.05, 4.69) is 0 Å². The van der Waals surface area contributed by atoms with E-state index in [9.17, 15) is 13.2 Å². The maximum atomic E-state index is 12.6. The van der Waals surface area contributed by atoms with E-state index < -0.39 is 15.0 Å². The second-order valence-corrected chi connectivity index (χ2v) is 8.23. The standard InChI is InChI=1S/C13H16Cl3NO3S/c1-4-17(7-8(2)3)13(18)11-9(14)5-6-10(12(11)15)21(16,19)20/h5-6,8H,4,7H2,1-3H3. The number of nitrogens with zero attached hydrogens (tertiary/aromatic N) is 1. The predicted molar refractivity (Wildman–Crippen MR) is 85.9 cm³/mol.